The molecule has 0 aliphatic heterocycles. The maximum absolute atomic E-state index is 3.47. The van der Waals surface area contributed by atoms with Crippen LogP contribution in [0.5, 0.6) is 0 Å². The maximum Gasteiger partial charge on any atom is 0 e. The monoisotopic (exact) mass is 158 g/mol. The van der Waals surface area contributed by atoms with Crippen molar-refractivity contribution in [3.05, 3.63) is 7.05 Å². The molecule has 0 saturated heterocycles. The molecule has 0 spiro atoms. The Labute approximate surface area is 58.3 Å². The number of hydrogen-bond acceptors (Lipinski definition) is 1. The number of halogens is 1. The van der Waals surface area contributed by atoms with Crippen molar-refractivity contribution < 1.29 is 19.5 Å². The molecule has 0 aliphatic carbocycles. The zero-order chi connectivity index (χ0) is 3.58. The quantitative estimate of drug-likeness (QED) is 0.373. The molecule has 0 atom stereocenters. The van der Waals surface area contributed by atoms with Crippen LogP contribution < -0.4 is 0 Å². The summed E-state index contributed by atoms with van der Waals surface area (Å²) in [6.45, 7) is 0. The van der Waals surface area contributed by atoms with Crippen LogP contribution in [0.25, 0.3) is 0 Å². The van der Waals surface area contributed by atoms with Gasteiger partial charge in [-0.1, -0.05) is 0 Å². The molecule has 0 heterocycles. The van der Waals surface area contributed by atoms with Crippen molar-refractivity contribution in [2.24, 2.45) is 0 Å². The Morgan fingerprint density at radius 1 is 1.33 bits per heavy atom. The summed E-state index contributed by atoms with van der Waals surface area (Å²) in [5.74, 6) is 0. The second-order valence-electron chi connectivity index (χ2n) is 1.08. The molecule has 0 aliphatic rings. The Hall–Kier alpha value is 0.873. The van der Waals surface area contributed by atoms with E-state index in [4.69, 9.17) is 0 Å². The SMILES string of the molecule is Cl.[CH2-]N(C)C.[Zn]. The largest absolute Gasteiger partial charge is 0.464 e. The van der Waals surface area contributed by atoms with Gasteiger partial charge in [0.05, 0.1) is 0 Å². The van der Waals surface area contributed by atoms with Crippen molar-refractivity contribution in [1.29, 1.82) is 0 Å². The summed E-state index contributed by atoms with van der Waals surface area (Å²) >= 11 is 0. The van der Waals surface area contributed by atoms with E-state index in [1.54, 1.807) is 4.90 Å². The second kappa shape index (κ2) is 9.30. The second-order valence-corrected chi connectivity index (χ2v) is 1.08. The molecule has 36 valence electrons. The Morgan fingerprint density at radius 3 is 1.33 bits per heavy atom. The van der Waals surface area contributed by atoms with Gasteiger partial charge in [-0.3, -0.25) is 7.05 Å². The van der Waals surface area contributed by atoms with Crippen molar-refractivity contribution >= 4 is 12.4 Å². The van der Waals surface area contributed by atoms with Crippen LogP contribution in [0.1, 0.15) is 0 Å². The van der Waals surface area contributed by atoms with Gasteiger partial charge in [-0.15, -0.1) is 12.4 Å². The molecule has 1 nitrogen and oxygen atoms in total. The fraction of sp³-hybridized carbons (Fsp3) is 0.667. The summed E-state index contributed by atoms with van der Waals surface area (Å²) in [5, 5.41) is 0. The van der Waals surface area contributed by atoms with Crippen molar-refractivity contribution in [3.8, 4) is 0 Å². The Kier molecular flexibility index (Phi) is 24.5. The van der Waals surface area contributed by atoms with Crippen LogP contribution in [-0.2, 0) is 19.5 Å². The van der Waals surface area contributed by atoms with E-state index in [0.29, 0.717) is 0 Å². The normalized spacial score (nSPS) is 6.00. The van der Waals surface area contributed by atoms with Crippen molar-refractivity contribution in [2.75, 3.05) is 14.1 Å². The molecule has 0 unspecified atom stereocenters. The molecule has 0 bridgehead atoms. The zero-order valence-corrected chi connectivity index (χ0v) is 8.05. The van der Waals surface area contributed by atoms with Gasteiger partial charge in [-0.05, 0) is 14.1 Å². The first-order chi connectivity index (χ1) is 1.73. The standard InChI is InChI=1S/C3H8N.ClH.Zn/c1-4(2)3;;/h1H2,2-3H3;1H;/q-1;;. The molecule has 0 amide bonds. The molecule has 0 aromatic rings. The van der Waals surface area contributed by atoms with Crippen LogP contribution in [0, 0.1) is 7.05 Å². The number of rotatable bonds is 0. The van der Waals surface area contributed by atoms with Gasteiger partial charge < -0.3 is 4.90 Å². The third-order valence-corrected chi connectivity index (χ3v) is 0. The minimum atomic E-state index is 0. The average molecular weight is 160 g/mol. The fourth-order valence-corrected chi connectivity index (χ4v) is 0. The molecule has 3 heteroatoms. The van der Waals surface area contributed by atoms with Gasteiger partial charge in [0.2, 0.25) is 0 Å². The fourth-order valence-electron chi connectivity index (χ4n) is 0. The minimum absolute atomic E-state index is 0. The van der Waals surface area contributed by atoms with Crippen LogP contribution >= 0.6 is 12.4 Å². The summed E-state index contributed by atoms with van der Waals surface area (Å²) in [4.78, 5) is 1.75. The molecule has 0 aromatic carbocycles. The van der Waals surface area contributed by atoms with Crippen LogP contribution in [-0.4, -0.2) is 19.0 Å². The first-order valence-electron chi connectivity index (χ1n) is 1.21. The van der Waals surface area contributed by atoms with Crippen LogP contribution in [0.2, 0.25) is 0 Å². The Balaban J connectivity index is -0.0000000450. The summed E-state index contributed by atoms with van der Waals surface area (Å²) in [5.41, 5.74) is 0. The minimum Gasteiger partial charge on any atom is -0.464 e. The topological polar surface area (TPSA) is 3.24 Å². The third kappa shape index (κ3) is 95.9. The van der Waals surface area contributed by atoms with Crippen molar-refractivity contribution in [3.63, 3.8) is 0 Å². The molecule has 6 heavy (non-hydrogen) atoms. The summed E-state index contributed by atoms with van der Waals surface area (Å²) in [6.07, 6.45) is 0. The van der Waals surface area contributed by atoms with Crippen LogP contribution in [0.4, 0.5) is 0 Å². The van der Waals surface area contributed by atoms with Gasteiger partial charge in [-0.2, -0.15) is 0 Å². The van der Waals surface area contributed by atoms with Gasteiger partial charge in [0.15, 0.2) is 0 Å². The van der Waals surface area contributed by atoms with E-state index < -0.39 is 0 Å². The Morgan fingerprint density at radius 2 is 1.33 bits per heavy atom. The average Bonchev–Trinajstić information content (AvgIpc) is 0.811. The van der Waals surface area contributed by atoms with Gasteiger partial charge >= 0.3 is 0 Å². The molecule has 0 saturated carbocycles. The first kappa shape index (κ1) is 15.8. The predicted molar refractivity (Wildman–Crippen MR) is 26.3 cm³/mol. The third-order valence-electron chi connectivity index (χ3n) is 0. The molecule has 0 rings (SSSR count). The summed E-state index contributed by atoms with van der Waals surface area (Å²) in [6, 6.07) is 0. The van der Waals surface area contributed by atoms with E-state index in [1.807, 2.05) is 14.1 Å². The van der Waals surface area contributed by atoms with E-state index in [9.17, 15) is 0 Å². The van der Waals surface area contributed by atoms with Gasteiger partial charge in [0.1, 0.15) is 0 Å². The Bertz CT molecular complexity index is 15.5. The molecular weight excluding hydrogens is 151 g/mol. The van der Waals surface area contributed by atoms with E-state index in [-0.39, 0.29) is 31.9 Å². The molecule has 0 fully saturated rings. The number of nitrogens with zero attached hydrogens (tertiary/aromatic N) is 1. The summed E-state index contributed by atoms with van der Waals surface area (Å²) < 4.78 is 0. The van der Waals surface area contributed by atoms with E-state index in [1.165, 1.54) is 0 Å². The van der Waals surface area contributed by atoms with Gasteiger partial charge in [0.25, 0.3) is 0 Å². The predicted octanol–water partition coefficient (Wildman–Crippen LogP) is 0.759. The van der Waals surface area contributed by atoms with Gasteiger partial charge in [0, 0.05) is 19.5 Å². The van der Waals surface area contributed by atoms with Crippen LogP contribution in [0.3, 0.4) is 0 Å². The van der Waals surface area contributed by atoms with E-state index >= 15 is 0 Å². The summed E-state index contributed by atoms with van der Waals surface area (Å²) in [7, 11) is 7.25. The van der Waals surface area contributed by atoms with Crippen molar-refractivity contribution in [2.45, 2.75) is 0 Å². The molecular formula is C3H9ClNZn-. The van der Waals surface area contributed by atoms with Gasteiger partial charge in [-0.25, -0.2) is 0 Å². The number of hydrogen-bond donors (Lipinski definition) is 0. The first-order valence-corrected chi connectivity index (χ1v) is 1.21. The van der Waals surface area contributed by atoms with E-state index in [2.05, 4.69) is 7.05 Å². The van der Waals surface area contributed by atoms with E-state index in [0.717, 1.165) is 0 Å². The van der Waals surface area contributed by atoms with Crippen LogP contribution in [0.15, 0.2) is 0 Å². The van der Waals surface area contributed by atoms with Crippen molar-refractivity contribution in [1.82, 2.24) is 4.90 Å². The molecule has 0 aromatic heterocycles. The molecule has 0 radical (unpaired) electrons. The maximum atomic E-state index is 3.47. The smallest absolute Gasteiger partial charge is 0 e. The zero-order valence-electron chi connectivity index (χ0n) is 4.27. The molecule has 0 N–H and O–H groups in total.